The maximum atomic E-state index is 5.71. The van der Waals surface area contributed by atoms with Crippen LogP contribution in [0.3, 0.4) is 0 Å². The molecule has 0 amide bonds. The summed E-state index contributed by atoms with van der Waals surface area (Å²) in [5.74, 6) is 0.472. The lowest BCUT2D eigenvalue weighted by Crippen LogP contribution is -1.91. The highest BCUT2D eigenvalue weighted by atomic mass is 16.3. The summed E-state index contributed by atoms with van der Waals surface area (Å²) in [7, 11) is 0. The summed E-state index contributed by atoms with van der Waals surface area (Å²) in [6.45, 7) is 2.17. The first-order valence-corrected chi connectivity index (χ1v) is 7.71. The van der Waals surface area contributed by atoms with E-state index in [1.807, 2.05) is 36.4 Å². The van der Waals surface area contributed by atoms with Gasteiger partial charge in [0, 0.05) is 12.4 Å². The molecule has 2 N–H and O–H groups in total. The minimum Gasteiger partial charge on any atom is -0.436 e. The fourth-order valence-electron chi connectivity index (χ4n) is 2.35. The van der Waals surface area contributed by atoms with Crippen molar-refractivity contribution in [3.05, 3.63) is 66.2 Å². The summed E-state index contributed by atoms with van der Waals surface area (Å²) < 4.78 is 5.71. The molecule has 116 valence electrons. The van der Waals surface area contributed by atoms with Crippen LogP contribution in [-0.4, -0.2) is 11.2 Å². The molecule has 0 spiro atoms. The molecule has 0 aliphatic rings. The Morgan fingerprint density at radius 1 is 1.17 bits per heavy atom. The van der Waals surface area contributed by atoms with Crippen LogP contribution in [0.2, 0.25) is 0 Å². The van der Waals surface area contributed by atoms with Crippen LogP contribution in [0.15, 0.2) is 64.1 Å². The quantitative estimate of drug-likeness (QED) is 0.707. The molecular formula is C19H19N3O. The van der Waals surface area contributed by atoms with E-state index in [0.717, 1.165) is 29.6 Å². The molecule has 0 fully saturated rings. The van der Waals surface area contributed by atoms with Crippen LogP contribution >= 0.6 is 0 Å². The third-order valence-corrected chi connectivity index (χ3v) is 3.55. The molecule has 1 heterocycles. The summed E-state index contributed by atoms with van der Waals surface area (Å²) in [5.41, 5.74) is 10.1. The number of benzene rings is 2. The largest absolute Gasteiger partial charge is 0.436 e. The van der Waals surface area contributed by atoms with Gasteiger partial charge in [-0.3, -0.25) is 4.99 Å². The van der Waals surface area contributed by atoms with Crippen molar-refractivity contribution in [2.75, 3.05) is 0 Å². The van der Waals surface area contributed by atoms with Crippen molar-refractivity contribution in [1.29, 1.82) is 0 Å². The Balaban J connectivity index is 1.81. The van der Waals surface area contributed by atoms with E-state index >= 15 is 0 Å². The van der Waals surface area contributed by atoms with Gasteiger partial charge >= 0.3 is 0 Å². The van der Waals surface area contributed by atoms with Gasteiger partial charge in [0.1, 0.15) is 5.52 Å². The van der Waals surface area contributed by atoms with Crippen LogP contribution in [0, 0.1) is 0 Å². The molecule has 1 aromatic heterocycles. The zero-order valence-electron chi connectivity index (χ0n) is 13.1. The van der Waals surface area contributed by atoms with Crippen LogP contribution < -0.4 is 5.73 Å². The maximum absolute atomic E-state index is 5.71. The van der Waals surface area contributed by atoms with Crippen molar-refractivity contribution >= 4 is 28.6 Å². The average molecular weight is 305 g/mol. The van der Waals surface area contributed by atoms with Gasteiger partial charge in [0.25, 0.3) is 0 Å². The minimum absolute atomic E-state index is 0.472. The molecule has 0 bridgehead atoms. The van der Waals surface area contributed by atoms with Gasteiger partial charge in [0.05, 0.1) is 11.3 Å². The number of aryl methyl sites for hydroxylation is 1. The minimum atomic E-state index is 0.472. The van der Waals surface area contributed by atoms with Crippen LogP contribution in [0.4, 0.5) is 5.69 Å². The summed E-state index contributed by atoms with van der Waals surface area (Å²) >= 11 is 0. The van der Waals surface area contributed by atoms with Gasteiger partial charge in [-0.05, 0) is 36.2 Å². The first kappa shape index (κ1) is 15.0. The first-order chi connectivity index (χ1) is 11.3. The van der Waals surface area contributed by atoms with Gasteiger partial charge in [-0.25, -0.2) is 4.98 Å². The molecule has 3 aromatic rings. The van der Waals surface area contributed by atoms with E-state index in [2.05, 4.69) is 29.0 Å². The molecule has 0 aliphatic carbocycles. The predicted octanol–water partition coefficient (Wildman–Crippen LogP) is 4.48. The van der Waals surface area contributed by atoms with E-state index in [9.17, 15) is 0 Å². The second kappa shape index (κ2) is 6.92. The van der Waals surface area contributed by atoms with Crippen molar-refractivity contribution in [2.45, 2.75) is 19.8 Å². The number of nitrogens with zero attached hydrogens (tertiary/aromatic N) is 2. The highest BCUT2D eigenvalue weighted by Crippen LogP contribution is 2.20. The topological polar surface area (TPSA) is 64.4 Å². The average Bonchev–Trinajstić information content (AvgIpc) is 3.01. The molecule has 23 heavy (non-hydrogen) atoms. The molecule has 0 saturated carbocycles. The molecule has 0 radical (unpaired) electrons. The first-order valence-electron chi connectivity index (χ1n) is 7.71. The van der Waals surface area contributed by atoms with Gasteiger partial charge in [0.15, 0.2) is 5.58 Å². The number of nitrogens with two attached hydrogens (primary N) is 1. The van der Waals surface area contributed by atoms with Crippen molar-refractivity contribution < 1.29 is 4.42 Å². The Labute approximate surface area is 135 Å². The third kappa shape index (κ3) is 3.48. The zero-order valence-corrected chi connectivity index (χ0v) is 13.1. The van der Waals surface area contributed by atoms with Crippen LogP contribution in [0.25, 0.3) is 16.7 Å². The highest BCUT2D eigenvalue weighted by Gasteiger charge is 2.08. The number of aromatic nitrogens is 1. The monoisotopic (exact) mass is 305 g/mol. The van der Waals surface area contributed by atoms with Gasteiger partial charge in [-0.15, -0.1) is 0 Å². The fraction of sp³-hybridized carbons (Fsp3) is 0.158. The summed E-state index contributed by atoms with van der Waals surface area (Å²) in [6.07, 6.45) is 5.36. The molecule has 3 rings (SSSR count). The smallest absolute Gasteiger partial charge is 0.230 e. The number of hydrogen-bond acceptors (Lipinski definition) is 4. The zero-order chi connectivity index (χ0) is 16.1. The number of rotatable bonds is 5. The Morgan fingerprint density at radius 3 is 2.65 bits per heavy atom. The Morgan fingerprint density at radius 2 is 1.96 bits per heavy atom. The van der Waals surface area contributed by atoms with Crippen molar-refractivity contribution in [3.63, 3.8) is 0 Å². The number of allylic oxidation sites excluding steroid dienone is 1. The lowest BCUT2D eigenvalue weighted by atomic mass is 10.1. The maximum Gasteiger partial charge on any atom is 0.230 e. The van der Waals surface area contributed by atoms with E-state index in [1.165, 1.54) is 11.8 Å². The summed E-state index contributed by atoms with van der Waals surface area (Å²) in [5, 5.41) is 0. The highest BCUT2D eigenvalue weighted by molar-refractivity contribution is 6.09. The van der Waals surface area contributed by atoms with Crippen molar-refractivity contribution in [3.8, 4) is 0 Å². The Bertz CT molecular complexity index is 811. The standard InChI is InChI=1S/C19H19N3O/c1-2-5-14-8-10-16(11-9-14)21-13-15(12-20)19-22-17-6-3-4-7-18(17)23-19/h3-4,6-13H,2,5,20H2,1H3. The van der Waals surface area contributed by atoms with Gasteiger partial charge in [-0.2, -0.15) is 0 Å². The van der Waals surface area contributed by atoms with E-state index in [1.54, 1.807) is 6.21 Å². The lowest BCUT2D eigenvalue weighted by molar-refractivity contribution is 0.587. The number of oxazole rings is 1. The second-order valence-electron chi connectivity index (χ2n) is 5.28. The van der Waals surface area contributed by atoms with E-state index < -0.39 is 0 Å². The third-order valence-electron chi connectivity index (χ3n) is 3.55. The van der Waals surface area contributed by atoms with Crippen LogP contribution in [0.1, 0.15) is 24.8 Å². The van der Waals surface area contributed by atoms with Crippen LogP contribution in [0.5, 0.6) is 0 Å². The number of aliphatic imine (C=N–C) groups is 1. The SMILES string of the molecule is CCCc1ccc(N=CC(=CN)c2nc3ccccc3o2)cc1. The molecule has 0 unspecified atom stereocenters. The van der Waals surface area contributed by atoms with E-state index in [4.69, 9.17) is 10.2 Å². The number of para-hydroxylation sites is 2. The molecule has 4 heteroatoms. The molecule has 0 saturated heterocycles. The predicted molar refractivity (Wildman–Crippen MR) is 94.8 cm³/mol. The summed E-state index contributed by atoms with van der Waals surface area (Å²) in [6, 6.07) is 15.8. The van der Waals surface area contributed by atoms with E-state index in [0.29, 0.717) is 11.5 Å². The molecule has 2 aromatic carbocycles. The molecule has 4 nitrogen and oxygen atoms in total. The Hall–Kier alpha value is -2.88. The molecule has 0 atom stereocenters. The van der Waals surface area contributed by atoms with Gasteiger partial charge in [0.2, 0.25) is 5.89 Å². The Kier molecular flexibility index (Phi) is 4.52. The van der Waals surface area contributed by atoms with Crippen molar-refractivity contribution in [2.24, 2.45) is 10.7 Å². The normalized spacial score (nSPS) is 12.3. The molecule has 0 aliphatic heterocycles. The van der Waals surface area contributed by atoms with Gasteiger partial charge < -0.3 is 10.2 Å². The van der Waals surface area contributed by atoms with Gasteiger partial charge in [-0.1, -0.05) is 37.6 Å². The summed E-state index contributed by atoms with van der Waals surface area (Å²) in [4.78, 5) is 8.88. The van der Waals surface area contributed by atoms with E-state index in [-0.39, 0.29) is 0 Å². The van der Waals surface area contributed by atoms with Crippen molar-refractivity contribution in [1.82, 2.24) is 4.98 Å². The number of hydrogen-bond donors (Lipinski definition) is 1. The van der Waals surface area contributed by atoms with Crippen LogP contribution in [-0.2, 0) is 6.42 Å². The fourth-order valence-corrected chi connectivity index (χ4v) is 2.35. The lowest BCUT2D eigenvalue weighted by Gasteiger charge is -1.99. The second-order valence-corrected chi connectivity index (χ2v) is 5.28. The molecular weight excluding hydrogens is 286 g/mol. The number of fused-ring (bicyclic) bond motifs is 1.